The fraction of sp³-hybridized carbons (Fsp3) is 0.265. The average Bonchev–Trinajstić information content (AvgIpc) is 3.43. The summed E-state index contributed by atoms with van der Waals surface area (Å²) in [5.41, 5.74) is 3.24. The van der Waals surface area contributed by atoms with E-state index >= 15 is 0 Å². The molecule has 4 aliphatic rings. The molecule has 12 heteroatoms. The van der Waals surface area contributed by atoms with Crippen LogP contribution in [0.2, 0.25) is 5.02 Å². The number of carbonyl (C=O) groups excluding carboxylic acids is 5. The predicted molar refractivity (Wildman–Crippen MR) is 161 cm³/mol. The summed E-state index contributed by atoms with van der Waals surface area (Å²) in [5, 5.41) is 12.0. The van der Waals surface area contributed by atoms with Gasteiger partial charge in [-0.15, -0.1) is 0 Å². The van der Waals surface area contributed by atoms with E-state index in [1.807, 2.05) is 6.08 Å². The smallest absolute Gasteiger partial charge is 0.423 e. The number of carbonyl (C=O) groups is 5. The Morgan fingerprint density at radius 1 is 0.978 bits per heavy atom. The molecule has 10 nitrogen and oxygen atoms in total. The van der Waals surface area contributed by atoms with Crippen molar-refractivity contribution in [2.45, 2.75) is 24.2 Å². The van der Waals surface area contributed by atoms with Gasteiger partial charge in [0.25, 0.3) is 11.8 Å². The van der Waals surface area contributed by atoms with Gasteiger partial charge in [0.15, 0.2) is 0 Å². The Morgan fingerprint density at radius 2 is 1.70 bits per heavy atom. The molecule has 1 saturated carbocycles. The second-order valence-corrected chi connectivity index (χ2v) is 12.4. The van der Waals surface area contributed by atoms with Gasteiger partial charge in [-0.05, 0) is 78.4 Å². The topological polar surface area (TPSA) is 133 Å². The van der Waals surface area contributed by atoms with Gasteiger partial charge in [0.05, 0.1) is 36.0 Å². The molecular weight excluding hydrogens is 617 g/mol. The number of amides is 5. The number of nitrogens with one attached hydrogen (secondary N) is 1. The van der Waals surface area contributed by atoms with Crippen LogP contribution >= 0.6 is 11.6 Å². The van der Waals surface area contributed by atoms with Gasteiger partial charge in [-0.25, -0.2) is 9.18 Å². The number of nitrogens with zero attached hydrogens (tertiary/aromatic N) is 2. The zero-order valence-corrected chi connectivity index (χ0v) is 25.1. The zero-order valence-electron chi connectivity index (χ0n) is 24.4. The molecule has 0 spiro atoms. The first kappa shape index (κ1) is 29.7. The summed E-state index contributed by atoms with van der Waals surface area (Å²) in [4.78, 5) is 69.6. The molecule has 6 atom stereocenters. The van der Waals surface area contributed by atoms with E-state index in [1.165, 1.54) is 36.4 Å². The van der Waals surface area contributed by atoms with E-state index in [9.17, 15) is 33.5 Å². The molecule has 2 aliphatic carbocycles. The van der Waals surface area contributed by atoms with E-state index in [0.717, 1.165) is 12.1 Å². The van der Waals surface area contributed by atoms with E-state index in [1.54, 1.807) is 36.4 Å². The molecule has 7 rings (SSSR count). The second-order valence-electron chi connectivity index (χ2n) is 12.0. The van der Waals surface area contributed by atoms with Crippen LogP contribution in [0.1, 0.15) is 29.9 Å². The Hall–Kier alpha value is -5.03. The summed E-state index contributed by atoms with van der Waals surface area (Å²) in [5.74, 6) is -7.60. The number of imide groups is 4. The van der Waals surface area contributed by atoms with Crippen molar-refractivity contribution in [3.8, 4) is 5.75 Å². The summed E-state index contributed by atoms with van der Waals surface area (Å²) in [6.07, 6.45) is 0.869. The van der Waals surface area contributed by atoms with Crippen molar-refractivity contribution in [1.29, 1.82) is 0 Å². The number of benzene rings is 3. The number of anilines is 1. The quantitative estimate of drug-likeness (QED) is 0.302. The minimum atomic E-state index is -1.58. The summed E-state index contributed by atoms with van der Waals surface area (Å²) in [6, 6.07) is 18.2. The number of hydrogen-bond acceptors (Lipinski definition) is 8. The van der Waals surface area contributed by atoms with Crippen molar-refractivity contribution in [1.82, 2.24) is 9.91 Å². The summed E-state index contributed by atoms with van der Waals surface area (Å²) >= 11 is 6.27. The minimum absolute atomic E-state index is 0.00511. The van der Waals surface area contributed by atoms with Crippen molar-refractivity contribution >= 4 is 47.0 Å². The molecule has 0 bridgehead atoms. The lowest BCUT2D eigenvalue weighted by Crippen LogP contribution is -2.53. The van der Waals surface area contributed by atoms with Crippen LogP contribution in [-0.2, 0) is 29.3 Å². The fourth-order valence-electron chi connectivity index (χ4n) is 8.01. The lowest BCUT2D eigenvalue weighted by molar-refractivity contribution is -0.140. The second kappa shape index (κ2) is 10.8. The SMILES string of the molecule is COC(=O)N1C(=O)[C@H]2[C@H](CC=C3[C@H]2C[C@H]2C(=O)N(Nc4ccc(F)cc4)C(=O)[C@@]2(c2ccc(Cl)cc2)[C@H]3c2cccc(O)c2)C1=O. The average molecular weight is 644 g/mol. The first-order chi connectivity index (χ1) is 22.1. The Kier molecular flexibility index (Phi) is 6.97. The van der Waals surface area contributed by atoms with Crippen LogP contribution in [0.3, 0.4) is 0 Å². The highest BCUT2D eigenvalue weighted by atomic mass is 35.5. The highest BCUT2D eigenvalue weighted by molar-refractivity contribution is 6.30. The predicted octanol–water partition coefficient (Wildman–Crippen LogP) is 4.94. The molecule has 2 aliphatic heterocycles. The molecule has 234 valence electrons. The number of methoxy groups -OCH3 is 1. The van der Waals surface area contributed by atoms with Gasteiger partial charge in [0.2, 0.25) is 11.8 Å². The molecule has 2 saturated heterocycles. The number of rotatable bonds is 4. The number of phenolic OH excluding ortho intramolecular Hbond substituents is 1. The van der Waals surface area contributed by atoms with Gasteiger partial charge >= 0.3 is 6.09 Å². The lowest BCUT2D eigenvalue weighted by atomic mass is 9.49. The number of aromatic hydroxyl groups is 1. The Morgan fingerprint density at radius 3 is 2.37 bits per heavy atom. The number of ether oxygens (including phenoxy) is 1. The van der Waals surface area contributed by atoms with Crippen molar-refractivity contribution in [2.24, 2.45) is 23.7 Å². The Balaban J connectivity index is 1.45. The van der Waals surface area contributed by atoms with Crippen LogP contribution in [0, 0.1) is 29.5 Å². The standard InChI is InChI=1S/C34H27ClFN3O7/c1-46-33(45)38-29(41)24-14-13-23-25(27(24)31(38)43)16-26-30(42)39(37-21-11-9-20(36)10-12-21)32(44)34(26,18-5-7-19(35)8-6-18)28(23)17-3-2-4-22(40)15-17/h2-13,15,24-28,37,40H,14,16H2,1H3/t24-,25+,26-,27-,28-,34+/m0/s1. The molecule has 2 heterocycles. The maximum atomic E-state index is 15.0. The maximum absolute atomic E-state index is 15.0. The molecule has 5 amide bonds. The van der Waals surface area contributed by atoms with Gasteiger partial charge in [0.1, 0.15) is 11.6 Å². The first-order valence-electron chi connectivity index (χ1n) is 14.7. The number of halogens is 2. The van der Waals surface area contributed by atoms with Crippen molar-refractivity contribution < 1.29 is 38.2 Å². The van der Waals surface area contributed by atoms with E-state index in [2.05, 4.69) is 5.43 Å². The van der Waals surface area contributed by atoms with Gasteiger partial charge < -0.3 is 9.84 Å². The first-order valence-corrected chi connectivity index (χ1v) is 15.1. The van der Waals surface area contributed by atoms with Crippen LogP contribution in [0.5, 0.6) is 5.75 Å². The van der Waals surface area contributed by atoms with Gasteiger partial charge in [-0.2, -0.15) is 9.91 Å². The van der Waals surface area contributed by atoms with Crippen LogP contribution in [0.4, 0.5) is 14.9 Å². The summed E-state index contributed by atoms with van der Waals surface area (Å²) in [6.45, 7) is 0. The minimum Gasteiger partial charge on any atom is -0.508 e. The van der Waals surface area contributed by atoms with Crippen molar-refractivity contribution in [3.63, 3.8) is 0 Å². The monoisotopic (exact) mass is 643 g/mol. The molecule has 3 fully saturated rings. The van der Waals surface area contributed by atoms with E-state index in [-0.39, 0.29) is 18.6 Å². The molecule has 46 heavy (non-hydrogen) atoms. The number of hydrazine groups is 1. The van der Waals surface area contributed by atoms with E-state index < -0.39 is 70.5 Å². The van der Waals surface area contributed by atoms with Gasteiger partial charge in [-0.1, -0.05) is 47.5 Å². The number of hydrogen-bond donors (Lipinski definition) is 2. The molecule has 3 aromatic rings. The molecule has 0 aromatic heterocycles. The highest BCUT2D eigenvalue weighted by Crippen LogP contribution is 2.64. The fourth-order valence-corrected chi connectivity index (χ4v) is 8.13. The van der Waals surface area contributed by atoms with Crippen LogP contribution in [-0.4, -0.2) is 51.8 Å². The summed E-state index contributed by atoms with van der Waals surface area (Å²) in [7, 11) is 1.08. The van der Waals surface area contributed by atoms with E-state index in [4.69, 9.17) is 16.3 Å². The molecular formula is C34H27ClFN3O7. The third-order valence-corrected chi connectivity index (χ3v) is 10.1. The third-order valence-electron chi connectivity index (χ3n) is 9.82. The summed E-state index contributed by atoms with van der Waals surface area (Å²) < 4.78 is 18.5. The highest BCUT2D eigenvalue weighted by Gasteiger charge is 2.70. The maximum Gasteiger partial charge on any atom is 0.423 e. The van der Waals surface area contributed by atoms with Gasteiger partial charge in [-0.3, -0.25) is 24.6 Å². The third kappa shape index (κ3) is 4.18. The number of allylic oxidation sites excluding steroid dienone is 2. The van der Waals surface area contributed by atoms with Crippen molar-refractivity contribution in [2.75, 3.05) is 12.5 Å². The van der Waals surface area contributed by atoms with Crippen LogP contribution in [0.25, 0.3) is 0 Å². The van der Waals surface area contributed by atoms with Gasteiger partial charge in [0, 0.05) is 10.9 Å². The van der Waals surface area contributed by atoms with Crippen LogP contribution < -0.4 is 5.43 Å². The molecule has 2 N–H and O–H groups in total. The molecule has 0 unspecified atom stereocenters. The molecule has 0 radical (unpaired) electrons. The molecule has 3 aromatic carbocycles. The van der Waals surface area contributed by atoms with Crippen molar-refractivity contribution in [3.05, 3.63) is 106 Å². The zero-order chi connectivity index (χ0) is 32.5. The van der Waals surface area contributed by atoms with Crippen LogP contribution in [0.15, 0.2) is 84.4 Å². The Bertz CT molecular complexity index is 1850. The number of fused-ring (bicyclic) bond motifs is 4. The largest absolute Gasteiger partial charge is 0.508 e. The number of phenols is 1. The normalized spacial score (nSPS) is 28.4. The van der Waals surface area contributed by atoms with E-state index in [0.29, 0.717) is 32.3 Å². The lowest BCUT2D eigenvalue weighted by Gasteiger charge is -2.50. The Labute approximate surface area is 267 Å². The number of likely N-dealkylation sites (tertiary alicyclic amines) is 1.